The number of carbonyl (C=O) groups excluding carboxylic acids is 1. The normalized spacial score (nSPS) is 35.6. The van der Waals surface area contributed by atoms with Crippen LogP contribution in [0.5, 0.6) is 0 Å². The van der Waals surface area contributed by atoms with Crippen LogP contribution in [0.15, 0.2) is 24.3 Å². The van der Waals surface area contributed by atoms with Gasteiger partial charge in [-0.2, -0.15) is 0 Å². The number of amides is 1. The van der Waals surface area contributed by atoms with Crippen LogP contribution in [0.4, 0.5) is 0 Å². The molecule has 0 aromatic heterocycles. The summed E-state index contributed by atoms with van der Waals surface area (Å²) in [6, 6.07) is 9.37. The smallest absolute Gasteiger partial charge is 0.224 e. The van der Waals surface area contributed by atoms with E-state index in [4.69, 9.17) is 5.73 Å². The minimum absolute atomic E-state index is 0. The van der Waals surface area contributed by atoms with Gasteiger partial charge in [-0.3, -0.25) is 4.79 Å². The fourth-order valence-corrected chi connectivity index (χ4v) is 4.50. The van der Waals surface area contributed by atoms with Crippen LogP contribution in [-0.2, 0) is 16.6 Å². The van der Waals surface area contributed by atoms with Crippen molar-refractivity contribution in [1.29, 1.82) is 0 Å². The first-order valence-electron chi connectivity index (χ1n) is 8.33. The topological polar surface area (TPSA) is 55.1 Å². The van der Waals surface area contributed by atoms with E-state index in [2.05, 4.69) is 29.6 Å². The molecule has 4 heteroatoms. The van der Waals surface area contributed by atoms with Gasteiger partial charge in [-0.15, -0.1) is 12.4 Å². The zero-order chi connectivity index (χ0) is 14.4. The van der Waals surface area contributed by atoms with Crippen molar-refractivity contribution >= 4 is 18.3 Å². The number of benzene rings is 1. The van der Waals surface area contributed by atoms with Gasteiger partial charge >= 0.3 is 0 Å². The summed E-state index contributed by atoms with van der Waals surface area (Å²) in [7, 11) is 0. The first-order chi connectivity index (χ1) is 10.2. The molecule has 2 atom stereocenters. The Kier molecular flexibility index (Phi) is 4.21. The van der Waals surface area contributed by atoms with E-state index in [1.165, 1.54) is 11.1 Å². The van der Waals surface area contributed by atoms with E-state index in [0.29, 0.717) is 12.1 Å². The van der Waals surface area contributed by atoms with Crippen LogP contribution in [0.2, 0.25) is 0 Å². The van der Waals surface area contributed by atoms with Crippen LogP contribution in [0.25, 0.3) is 0 Å². The van der Waals surface area contributed by atoms with Crippen LogP contribution < -0.4 is 11.1 Å². The molecule has 1 amide bonds. The van der Waals surface area contributed by atoms with E-state index in [1.807, 2.05) is 0 Å². The van der Waals surface area contributed by atoms with Crippen LogP contribution in [-0.4, -0.2) is 18.0 Å². The van der Waals surface area contributed by atoms with E-state index in [9.17, 15) is 4.79 Å². The predicted octanol–water partition coefficient (Wildman–Crippen LogP) is 2.70. The molecule has 3 aliphatic rings. The quantitative estimate of drug-likeness (QED) is 0.880. The highest BCUT2D eigenvalue weighted by molar-refractivity contribution is 5.85. The molecule has 0 saturated heterocycles. The number of hydrogen-bond acceptors (Lipinski definition) is 2. The van der Waals surface area contributed by atoms with Gasteiger partial charge in [-0.05, 0) is 56.1 Å². The Labute approximate surface area is 138 Å². The van der Waals surface area contributed by atoms with E-state index in [0.717, 1.165) is 44.9 Å². The molecule has 0 heterocycles. The Balaban J connectivity index is 0.00000144. The summed E-state index contributed by atoms with van der Waals surface area (Å²) >= 11 is 0. The number of aryl methyl sites for hydroxylation is 1. The molecule has 3 aliphatic carbocycles. The first-order valence-corrected chi connectivity index (χ1v) is 8.33. The lowest BCUT2D eigenvalue weighted by molar-refractivity contribution is -0.123. The molecule has 4 rings (SSSR count). The zero-order valence-corrected chi connectivity index (χ0v) is 13.7. The summed E-state index contributed by atoms with van der Waals surface area (Å²) in [5.74, 6) is 0.490. The maximum Gasteiger partial charge on any atom is 0.224 e. The van der Waals surface area contributed by atoms with Crippen molar-refractivity contribution in [2.45, 2.75) is 62.4 Å². The second-order valence-electron chi connectivity index (χ2n) is 7.19. The molecule has 22 heavy (non-hydrogen) atoms. The number of rotatable bonds is 2. The lowest BCUT2D eigenvalue weighted by Gasteiger charge is -2.27. The van der Waals surface area contributed by atoms with Crippen molar-refractivity contribution < 1.29 is 4.79 Å². The predicted molar refractivity (Wildman–Crippen MR) is 90.2 cm³/mol. The molecule has 2 unspecified atom stereocenters. The lowest BCUT2D eigenvalue weighted by Crippen LogP contribution is -2.41. The zero-order valence-electron chi connectivity index (χ0n) is 12.9. The van der Waals surface area contributed by atoms with E-state index in [1.54, 1.807) is 0 Å². The van der Waals surface area contributed by atoms with E-state index in [-0.39, 0.29) is 29.6 Å². The Bertz CT molecular complexity index is 568. The average molecular weight is 321 g/mol. The second-order valence-corrected chi connectivity index (χ2v) is 7.19. The van der Waals surface area contributed by atoms with Gasteiger partial charge in [0.15, 0.2) is 0 Å². The maximum atomic E-state index is 12.6. The molecule has 0 aliphatic heterocycles. The molecular formula is C18H25ClN2O. The fourth-order valence-electron chi connectivity index (χ4n) is 4.50. The molecule has 1 aromatic rings. The molecule has 1 aromatic carbocycles. The molecule has 0 bridgehead atoms. The van der Waals surface area contributed by atoms with Crippen molar-refractivity contribution in [3.8, 4) is 0 Å². The van der Waals surface area contributed by atoms with Gasteiger partial charge in [-0.25, -0.2) is 0 Å². The Morgan fingerprint density at radius 1 is 1.18 bits per heavy atom. The number of halogens is 1. The van der Waals surface area contributed by atoms with Crippen molar-refractivity contribution in [3.63, 3.8) is 0 Å². The summed E-state index contributed by atoms with van der Waals surface area (Å²) in [6.07, 6.45) is 7.51. The van der Waals surface area contributed by atoms with Gasteiger partial charge in [0.25, 0.3) is 0 Å². The SMILES string of the molecule is Cl.NC1CCC(NC(=O)C2CC23CCc2ccccc23)CC1. The Morgan fingerprint density at radius 2 is 1.91 bits per heavy atom. The molecule has 0 radical (unpaired) electrons. The standard InChI is InChI=1S/C18H24N2O.ClH/c19-13-5-7-14(8-6-13)20-17(21)16-11-18(16)10-9-12-3-1-2-4-15(12)18;/h1-4,13-14,16H,5-11,19H2,(H,20,21);1H. The third kappa shape index (κ3) is 2.55. The number of nitrogens with one attached hydrogen (secondary N) is 1. The third-order valence-electron chi connectivity index (χ3n) is 5.90. The lowest BCUT2D eigenvalue weighted by atomic mass is 9.91. The molecule has 2 fully saturated rings. The van der Waals surface area contributed by atoms with Gasteiger partial charge < -0.3 is 11.1 Å². The molecule has 1 spiro atoms. The van der Waals surface area contributed by atoms with E-state index >= 15 is 0 Å². The summed E-state index contributed by atoms with van der Waals surface area (Å²) in [6.45, 7) is 0. The monoisotopic (exact) mass is 320 g/mol. The van der Waals surface area contributed by atoms with Gasteiger partial charge in [0.2, 0.25) is 5.91 Å². The summed E-state index contributed by atoms with van der Waals surface area (Å²) in [5.41, 5.74) is 9.00. The molecular weight excluding hydrogens is 296 g/mol. The largest absolute Gasteiger partial charge is 0.353 e. The Morgan fingerprint density at radius 3 is 2.68 bits per heavy atom. The minimum Gasteiger partial charge on any atom is -0.353 e. The van der Waals surface area contributed by atoms with Crippen molar-refractivity contribution in [2.24, 2.45) is 11.7 Å². The van der Waals surface area contributed by atoms with Crippen molar-refractivity contribution in [1.82, 2.24) is 5.32 Å². The van der Waals surface area contributed by atoms with Crippen LogP contribution in [0.1, 0.15) is 49.7 Å². The van der Waals surface area contributed by atoms with Crippen LogP contribution in [0.3, 0.4) is 0 Å². The van der Waals surface area contributed by atoms with E-state index < -0.39 is 0 Å². The van der Waals surface area contributed by atoms with Crippen LogP contribution >= 0.6 is 12.4 Å². The summed E-state index contributed by atoms with van der Waals surface area (Å²) in [4.78, 5) is 12.6. The summed E-state index contributed by atoms with van der Waals surface area (Å²) < 4.78 is 0. The minimum atomic E-state index is 0. The fraction of sp³-hybridized carbons (Fsp3) is 0.611. The molecule has 120 valence electrons. The van der Waals surface area contributed by atoms with Gasteiger partial charge in [0.1, 0.15) is 0 Å². The number of carbonyl (C=O) groups is 1. The third-order valence-corrected chi connectivity index (χ3v) is 5.90. The summed E-state index contributed by atoms with van der Waals surface area (Å²) in [5, 5.41) is 3.29. The first kappa shape index (κ1) is 15.8. The van der Waals surface area contributed by atoms with Crippen molar-refractivity contribution in [2.75, 3.05) is 0 Å². The van der Waals surface area contributed by atoms with Gasteiger partial charge in [-0.1, -0.05) is 24.3 Å². The van der Waals surface area contributed by atoms with Gasteiger partial charge in [0.05, 0.1) is 0 Å². The maximum absolute atomic E-state index is 12.6. The van der Waals surface area contributed by atoms with Crippen molar-refractivity contribution in [3.05, 3.63) is 35.4 Å². The molecule has 3 N–H and O–H groups in total. The van der Waals surface area contributed by atoms with Crippen LogP contribution in [0, 0.1) is 5.92 Å². The highest BCUT2D eigenvalue weighted by Crippen LogP contribution is 2.61. The second kappa shape index (κ2) is 5.86. The highest BCUT2D eigenvalue weighted by atomic mass is 35.5. The van der Waals surface area contributed by atoms with Gasteiger partial charge in [0, 0.05) is 23.4 Å². The number of fused-ring (bicyclic) bond motifs is 2. The molecule has 3 nitrogen and oxygen atoms in total. The Hall–Kier alpha value is -1.06. The molecule has 2 saturated carbocycles. The average Bonchev–Trinajstić information content (AvgIpc) is 3.12. The number of hydrogen-bond donors (Lipinski definition) is 2. The number of nitrogens with two attached hydrogens (primary N) is 1. The highest BCUT2D eigenvalue weighted by Gasteiger charge is 2.61.